The van der Waals surface area contributed by atoms with E-state index in [4.69, 9.17) is 28.5 Å². The molecule has 4 aliphatic heterocycles. The Balaban J connectivity index is 1.00. The molecule has 0 radical (unpaired) electrons. The van der Waals surface area contributed by atoms with E-state index in [0.29, 0.717) is 23.4 Å². The van der Waals surface area contributed by atoms with Crippen LogP contribution in [0.5, 0.6) is 0 Å². The van der Waals surface area contributed by atoms with E-state index in [-0.39, 0.29) is 44.8 Å². The third-order valence-electron chi connectivity index (χ3n) is 13.2. The van der Waals surface area contributed by atoms with Gasteiger partial charge in [-0.25, -0.2) is 0 Å². The fourth-order valence-electron chi connectivity index (χ4n) is 10.4. The van der Waals surface area contributed by atoms with Crippen LogP contribution in [0.3, 0.4) is 0 Å². The Morgan fingerprint density at radius 3 is 2.57 bits per heavy atom. The standard InChI is InChI=1S/C41H56N2O10/c1-38(2,3)52-31(45)14-12-26(21-44)42-37(47)41-19-29-32-33(49-22-48-32)35(41)53-43(34(41)36(46)50-29)20-24-9-7-23(8-10-24)17-25-11-13-30-40(6,51-30)16-15-28-27(25)18-39(28,4)5/h7-10,17,26-30,32-35,44H,11-16,18-22H2,1-6H3,(H,42,47)/t26-,27+,28+,29+,30?,32-,33-,34-,35+,40+,41-/m0/s1. The fraction of sp³-hybridized carbons (Fsp3) is 0.732. The zero-order valence-electron chi connectivity index (χ0n) is 31.9. The molecule has 3 aliphatic carbocycles. The number of epoxide rings is 1. The molecule has 12 nitrogen and oxygen atoms in total. The van der Waals surface area contributed by atoms with Crippen LogP contribution in [0.1, 0.15) is 104 Å². The molecule has 3 saturated carbocycles. The second-order valence-electron chi connectivity index (χ2n) is 18.4. The number of hydrogen-bond donors (Lipinski definition) is 2. The van der Waals surface area contributed by atoms with Crippen LogP contribution in [-0.4, -0.2) is 95.2 Å². The first-order valence-corrected chi connectivity index (χ1v) is 19.6. The Hall–Kier alpha value is -2.87. The zero-order valence-corrected chi connectivity index (χ0v) is 31.9. The highest BCUT2D eigenvalue weighted by Gasteiger charge is 2.74. The number of aliphatic hydroxyl groups is 1. The number of allylic oxidation sites excluding steroid dienone is 1. The van der Waals surface area contributed by atoms with Gasteiger partial charge in [0, 0.05) is 12.8 Å². The van der Waals surface area contributed by atoms with Crippen molar-refractivity contribution >= 4 is 23.9 Å². The molecule has 7 fully saturated rings. The molecule has 2 bridgehead atoms. The molecule has 1 unspecified atom stereocenters. The number of esters is 2. The lowest BCUT2D eigenvalue weighted by atomic mass is 9.52. The van der Waals surface area contributed by atoms with E-state index in [1.54, 1.807) is 25.8 Å². The van der Waals surface area contributed by atoms with E-state index in [0.717, 1.165) is 30.4 Å². The summed E-state index contributed by atoms with van der Waals surface area (Å²) >= 11 is 0. The molecule has 0 spiro atoms. The number of ether oxygens (including phenoxy) is 5. The van der Waals surface area contributed by atoms with Crippen LogP contribution in [0.25, 0.3) is 6.08 Å². The van der Waals surface area contributed by atoms with Crippen molar-refractivity contribution in [2.45, 2.75) is 153 Å². The number of nitrogens with one attached hydrogen (secondary N) is 1. The molecule has 2 N–H and O–H groups in total. The number of rotatable bonds is 9. The molecule has 0 aromatic heterocycles. The minimum Gasteiger partial charge on any atom is -0.460 e. The summed E-state index contributed by atoms with van der Waals surface area (Å²) in [6.45, 7) is 12.3. The summed E-state index contributed by atoms with van der Waals surface area (Å²) in [6.07, 6.45) is 6.06. The van der Waals surface area contributed by atoms with Crippen LogP contribution in [-0.2, 0) is 49.5 Å². The first-order chi connectivity index (χ1) is 25.1. The average Bonchev–Trinajstić information content (AvgIpc) is 3.38. The predicted octanol–water partition coefficient (Wildman–Crippen LogP) is 4.60. The normalized spacial score (nSPS) is 39.6. The minimum atomic E-state index is -1.36. The van der Waals surface area contributed by atoms with Crippen molar-refractivity contribution in [1.29, 1.82) is 0 Å². The van der Waals surface area contributed by atoms with E-state index in [1.165, 1.54) is 18.4 Å². The number of hydrogen-bond acceptors (Lipinski definition) is 11. The lowest BCUT2D eigenvalue weighted by Gasteiger charge is -2.53. The van der Waals surface area contributed by atoms with Crippen molar-refractivity contribution in [2.24, 2.45) is 22.7 Å². The van der Waals surface area contributed by atoms with Gasteiger partial charge in [0.25, 0.3) is 0 Å². The Morgan fingerprint density at radius 1 is 1.09 bits per heavy atom. The van der Waals surface area contributed by atoms with Crippen molar-refractivity contribution in [2.75, 3.05) is 13.4 Å². The predicted molar refractivity (Wildman–Crippen MR) is 191 cm³/mol. The Kier molecular flexibility index (Phi) is 9.38. The Labute approximate surface area is 312 Å². The van der Waals surface area contributed by atoms with Gasteiger partial charge in [-0.3, -0.25) is 19.2 Å². The molecule has 1 aromatic carbocycles. The largest absolute Gasteiger partial charge is 0.460 e. The third kappa shape index (κ3) is 6.75. The van der Waals surface area contributed by atoms with E-state index in [1.807, 2.05) is 0 Å². The number of amides is 1. The molecule has 290 valence electrons. The van der Waals surface area contributed by atoms with E-state index < -0.39 is 65.4 Å². The minimum absolute atomic E-state index is 0.00380. The first kappa shape index (κ1) is 37.1. The van der Waals surface area contributed by atoms with Gasteiger partial charge in [-0.05, 0) is 94.6 Å². The number of carbonyl (C=O) groups is 3. The smallest absolute Gasteiger partial charge is 0.327 e. The number of carbonyl (C=O) groups excluding carboxylic acids is 3. The summed E-state index contributed by atoms with van der Waals surface area (Å²) in [4.78, 5) is 47.2. The molecule has 1 amide bonds. The Morgan fingerprint density at radius 2 is 1.85 bits per heavy atom. The van der Waals surface area contributed by atoms with Gasteiger partial charge in [-0.15, -0.1) is 0 Å². The van der Waals surface area contributed by atoms with Crippen molar-refractivity contribution in [3.63, 3.8) is 0 Å². The van der Waals surface area contributed by atoms with Gasteiger partial charge in [0.2, 0.25) is 5.91 Å². The Bertz CT molecular complexity index is 1640. The van der Waals surface area contributed by atoms with Gasteiger partial charge < -0.3 is 34.1 Å². The fourth-order valence-corrected chi connectivity index (χ4v) is 10.4. The highest BCUT2D eigenvalue weighted by molar-refractivity contribution is 5.93. The highest BCUT2D eigenvalue weighted by atomic mass is 16.8. The second-order valence-corrected chi connectivity index (χ2v) is 18.4. The van der Waals surface area contributed by atoms with E-state index >= 15 is 0 Å². The van der Waals surface area contributed by atoms with Crippen LogP contribution in [0.2, 0.25) is 0 Å². The molecule has 4 heterocycles. The van der Waals surface area contributed by atoms with Crippen LogP contribution in [0, 0.1) is 22.7 Å². The molecule has 4 saturated heterocycles. The summed E-state index contributed by atoms with van der Waals surface area (Å²) in [6, 6.07) is 6.55. The number of fused-ring (bicyclic) bond motifs is 6. The summed E-state index contributed by atoms with van der Waals surface area (Å²) in [5, 5.41) is 14.7. The van der Waals surface area contributed by atoms with Gasteiger partial charge in [0.05, 0.1) is 30.9 Å². The maximum atomic E-state index is 14.4. The van der Waals surface area contributed by atoms with E-state index in [9.17, 15) is 19.5 Å². The molecule has 8 rings (SSSR count). The van der Waals surface area contributed by atoms with Crippen molar-refractivity contribution in [1.82, 2.24) is 10.4 Å². The molecule has 12 heteroatoms. The maximum Gasteiger partial charge on any atom is 0.327 e. The number of benzene rings is 1. The van der Waals surface area contributed by atoms with Gasteiger partial charge in [0.15, 0.2) is 6.04 Å². The van der Waals surface area contributed by atoms with Crippen molar-refractivity contribution in [3.8, 4) is 0 Å². The average molecular weight is 737 g/mol. The molecule has 53 heavy (non-hydrogen) atoms. The summed E-state index contributed by atoms with van der Waals surface area (Å²) in [7, 11) is 0. The SMILES string of the molecule is CC(C)(C)OC(=O)CC[C@@H](CO)NC(=O)[C@@]12C[C@H]3OC(=O)[C@@H]1N(Cc1ccc(C=C4CCC5O[C@]5(C)CC[C@@H]5[C@@H]4CC5(C)C)cc1)O[C@@H]2[C@H]1OCO[C@H]13. The highest BCUT2D eigenvalue weighted by Crippen LogP contribution is 2.60. The first-order valence-electron chi connectivity index (χ1n) is 19.6. The molecular weight excluding hydrogens is 680 g/mol. The number of aliphatic hydroxyl groups excluding tert-OH is 1. The van der Waals surface area contributed by atoms with Gasteiger partial charge in [-0.2, -0.15) is 5.06 Å². The lowest BCUT2D eigenvalue weighted by molar-refractivity contribution is -0.201. The summed E-state index contributed by atoms with van der Waals surface area (Å²) in [5.74, 6) is -0.161. The maximum absolute atomic E-state index is 14.4. The molecule has 7 aliphatic rings. The summed E-state index contributed by atoms with van der Waals surface area (Å²) in [5.41, 5.74) is 1.96. The van der Waals surface area contributed by atoms with Crippen LogP contribution in [0.15, 0.2) is 29.8 Å². The lowest BCUT2D eigenvalue weighted by Crippen LogP contribution is -2.70. The zero-order chi connectivity index (χ0) is 37.5. The number of hydroxylamine groups is 2. The van der Waals surface area contributed by atoms with Crippen molar-refractivity contribution in [3.05, 3.63) is 41.0 Å². The topological polar surface area (TPSA) is 145 Å². The van der Waals surface area contributed by atoms with Crippen LogP contribution in [0.4, 0.5) is 0 Å². The third-order valence-corrected chi connectivity index (χ3v) is 13.2. The molecule has 1 aromatic rings. The quantitative estimate of drug-likeness (QED) is 0.271. The van der Waals surface area contributed by atoms with Crippen LogP contribution >= 0.6 is 0 Å². The van der Waals surface area contributed by atoms with Crippen LogP contribution < -0.4 is 5.32 Å². The molecule has 11 atom stereocenters. The van der Waals surface area contributed by atoms with E-state index in [2.05, 4.69) is 56.4 Å². The van der Waals surface area contributed by atoms with Gasteiger partial charge >= 0.3 is 11.9 Å². The van der Waals surface area contributed by atoms with Gasteiger partial charge in [-0.1, -0.05) is 49.8 Å². The van der Waals surface area contributed by atoms with Crippen molar-refractivity contribution < 1.29 is 48.0 Å². The second kappa shape index (κ2) is 13.4. The van der Waals surface area contributed by atoms with Gasteiger partial charge in [0.1, 0.15) is 42.2 Å². The summed E-state index contributed by atoms with van der Waals surface area (Å²) < 4.78 is 29.3. The molecular formula is C41H56N2O10. The monoisotopic (exact) mass is 736 g/mol. The number of nitrogens with zero attached hydrogens (tertiary/aromatic N) is 1.